The molecule has 0 amide bonds. The topological polar surface area (TPSA) is 113 Å². The number of esters is 2. The van der Waals surface area contributed by atoms with Crippen LogP contribution in [0.15, 0.2) is 0 Å². The molecule has 0 fully saturated rings. The number of hydroxylamine groups is 1. The van der Waals surface area contributed by atoms with Gasteiger partial charge in [0.05, 0.1) is 12.9 Å². The second-order valence-electron chi connectivity index (χ2n) is 13.4. The number of unbranched alkanes of at least 4 members (excludes halogenated alkanes) is 15. The van der Waals surface area contributed by atoms with Crippen LogP contribution in [-0.2, 0) is 29.1 Å². The van der Waals surface area contributed by atoms with Crippen molar-refractivity contribution in [2.24, 2.45) is 0 Å². The number of hydrogen-bond acceptors (Lipinski definition) is 8. The van der Waals surface area contributed by atoms with Crippen LogP contribution in [0.4, 0.5) is 0 Å². The zero-order valence-electron chi connectivity index (χ0n) is 31.0. The number of hydrogen-bond donors (Lipinski definition) is 1. The van der Waals surface area contributed by atoms with Crippen LogP contribution in [0.5, 0.6) is 0 Å². The highest BCUT2D eigenvalue weighted by atomic mass is 32.2. The lowest BCUT2D eigenvalue weighted by Crippen LogP contribution is -2.32. The zero-order valence-corrected chi connectivity index (χ0v) is 31.8. The minimum Gasteiger partial charge on any atom is -0.466 e. The minimum atomic E-state index is -3.60. The van der Waals surface area contributed by atoms with Crippen LogP contribution in [0.2, 0.25) is 0 Å². The largest absolute Gasteiger partial charge is 0.466 e. The molecule has 0 saturated heterocycles. The highest BCUT2D eigenvalue weighted by molar-refractivity contribution is 7.88. The summed E-state index contributed by atoms with van der Waals surface area (Å²) in [6, 6.07) is 0. The first kappa shape index (κ1) is 45.8. The standard InChI is InChI=1S/C37H74N2O7S/c1-5-8-11-18-24-34-45-36(40)28-20-14-12-16-22-30-38(32-25-33-39(42)47(4,43)44)31-23-17-13-15-21-29-37(41)46-35(26-10-7-3)27-19-9-6-2/h35,42H,5-34H2,1-4H3. The van der Waals surface area contributed by atoms with E-state index in [0.29, 0.717) is 30.3 Å². The molecule has 0 aliphatic rings. The van der Waals surface area contributed by atoms with Gasteiger partial charge in [-0.3, -0.25) is 14.8 Å². The monoisotopic (exact) mass is 691 g/mol. The average molecular weight is 691 g/mol. The maximum atomic E-state index is 12.4. The third-order valence-corrected chi connectivity index (χ3v) is 9.68. The predicted octanol–water partition coefficient (Wildman–Crippen LogP) is 9.21. The smallest absolute Gasteiger partial charge is 0.306 e. The van der Waals surface area contributed by atoms with E-state index >= 15 is 0 Å². The summed E-state index contributed by atoms with van der Waals surface area (Å²) in [7, 11) is -3.60. The van der Waals surface area contributed by atoms with Crippen molar-refractivity contribution in [1.82, 2.24) is 9.37 Å². The normalized spacial score (nSPS) is 12.6. The van der Waals surface area contributed by atoms with E-state index in [2.05, 4.69) is 25.7 Å². The zero-order chi connectivity index (χ0) is 35.0. The maximum Gasteiger partial charge on any atom is 0.306 e. The lowest BCUT2D eigenvalue weighted by Gasteiger charge is -2.23. The van der Waals surface area contributed by atoms with E-state index in [9.17, 15) is 23.2 Å². The van der Waals surface area contributed by atoms with E-state index in [-0.39, 0.29) is 24.6 Å². The van der Waals surface area contributed by atoms with Gasteiger partial charge in [-0.15, -0.1) is 0 Å². The van der Waals surface area contributed by atoms with Crippen molar-refractivity contribution >= 4 is 22.0 Å². The van der Waals surface area contributed by atoms with Crippen molar-refractivity contribution in [2.75, 3.05) is 39.0 Å². The van der Waals surface area contributed by atoms with Crippen molar-refractivity contribution in [1.29, 1.82) is 0 Å². The molecule has 47 heavy (non-hydrogen) atoms. The fraction of sp³-hybridized carbons (Fsp3) is 0.946. The van der Waals surface area contributed by atoms with Crippen LogP contribution in [0.3, 0.4) is 0 Å². The van der Waals surface area contributed by atoms with Crippen molar-refractivity contribution < 1.29 is 32.7 Å². The first-order chi connectivity index (χ1) is 22.6. The molecule has 0 aromatic rings. The van der Waals surface area contributed by atoms with Gasteiger partial charge in [-0.25, -0.2) is 8.42 Å². The Labute approximate surface area is 289 Å². The molecular formula is C37H74N2O7S. The maximum absolute atomic E-state index is 12.4. The van der Waals surface area contributed by atoms with Crippen LogP contribution < -0.4 is 0 Å². The van der Waals surface area contributed by atoms with Gasteiger partial charge in [0.1, 0.15) is 6.10 Å². The molecule has 0 spiro atoms. The number of ether oxygens (including phenoxy) is 2. The van der Waals surface area contributed by atoms with Gasteiger partial charge in [0.25, 0.3) is 0 Å². The number of nitrogens with zero attached hydrogens (tertiary/aromatic N) is 2. The Hall–Kier alpha value is -1.23. The summed E-state index contributed by atoms with van der Waals surface area (Å²) in [5.41, 5.74) is 0. The Morgan fingerprint density at radius 3 is 1.64 bits per heavy atom. The molecule has 0 aromatic carbocycles. The molecule has 280 valence electrons. The van der Waals surface area contributed by atoms with E-state index in [1.807, 2.05) is 0 Å². The Morgan fingerprint density at radius 2 is 1.04 bits per heavy atom. The fourth-order valence-electron chi connectivity index (χ4n) is 5.73. The molecule has 0 aliphatic heterocycles. The second-order valence-corrected chi connectivity index (χ2v) is 15.3. The van der Waals surface area contributed by atoms with Gasteiger partial charge in [0.15, 0.2) is 0 Å². The van der Waals surface area contributed by atoms with Crippen LogP contribution in [-0.4, -0.2) is 80.1 Å². The summed E-state index contributed by atoms with van der Waals surface area (Å²) in [6.07, 6.45) is 26.3. The molecule has 9 nitrogen and oxygen atoms in total. The Kier molecular flexibility index (Phi) is 31.2. The Bertz CT molecular complexity index is 841. The van der Waals surface area contributed by atoms with E-state index in [1.165, 1.54) is 32.1 Å². The summed E-state index contributed by atoms with van der Waals surface area (Å²) in [5, 5.41) is 9.76. The number of carbonyl (C=O) groups is 2. The van der Waals surface area contributed by atoms with Crippen LogP contribution >= 0.6 is 0 Å². The lowest BCUT2D eigenvalue weighted by molar-refractivity contribution is -0.150. The van der Waals surface area contributed by atoms with Crippen molar-refractivity contribution in [3.05, 3.63) is 0 Å². The summed E-state index contributed by atoms with van der Waals surface area (Å²) in [5.74, 6) is -0.124. The van der Waals surface area contributed by atoms with Gasteiger partial charge in [-0.05, 0) is 77.4 Å². The molecule has 1 unspecified atom stereocenters. The number of carbonyl (C=O) groups excluding carboxylic acids is 2. The molecule has 10 heteroatoms. The highest BCUT2D eigenvalue weighted by Gasteiger charge is 2.15. The summed E-state index contributed by atoms with van der Waals surface area (Å²) in [4.78, 5) is 26.7. The Morgan fingerprint density at radius 1 is 0.574 bits per heavy atom. The highest BCUT2D eigenvalue weighted by Crippen LogP contribution is 2.16. The van der Waals surface area contributed by atoms with E-state index in [1.54, 1.807) is 0 Å². The molecule has 0 radical (unpaired) electrons. The molecule has 0 bridgehead atoms. The first-order valence-corrected chi connectivity index (χ1v) is 21.2. The van der Waals surface area contributed by atoms with Gasteiger partial charge >= 0.3 is 11.9 Å². The molecule has 0 rings (SSSR count). The molecule has 1 atom stereocenters. The second kappa shape index (κ2) is 32.0. The minimum absolute atomic E-state index is 0.0473. The first-order valence-electron chi connectivity index (χ1n) is 19.4. The van der Waals surface area contributed by atoms with E-state index < -0.39 is 10.0 Å². The van der Waals surface area contributed by atoms with Gasteiger partial charge in [-0.1, -0.05) is 115 Å². The SMILES string of the molecule is CCCCCCCOC(=O)CCCCCCCN(CCCCCCCC(=O)OC(CCCC)CCCCC)CCCN(O)S(C)(=O)=O. The fourth-order valence-corrected chi connectivity index (χ4v) is 6.19. The van der Waals surface area contributed by atoms with Crippen LogP contribution in [0.25, 0.3) is 0 Å². The molecule has 0 aromatic heterocycles. The van der Waals surface area contributed by atoms with Crippen LogP contribution in [0, 0.1) is 0 Å². The number of rotatable bonds is 35. The van der Waals surface area contributed by atoms with Gasteiger partial charge in [0.2, 0.25) is 10.0 Å². The van der Waals surface area contributed by atoms with Crippen molar-refractivity contribution in [3.8, 4) is 0 Å². The summed E-state index contributed by atoms with van der Waals surface area (Å²) in [6.45, 7) is 9.81. The molecule has 0 saturated carbocycles. The average Bonchev–Trinajstić information content (AvgIpc) is 3.03. The Balaban J connectivity index is 4.27. The quantitative estimate of drug-likeness (QED) is 0.0398. The van der Waals surface area contributed by atoms with Gasteiger partial charge in [-0.2, -0.15) is 0 Å². The predicted molar refractivity (Wildman–Crippen MR) is 193 cm³/mol. The third-order valence-electron chi connectivity index (χ3n) is 8.74. The molecule has 0 heterocycles. The number of sulfonamides is 1. The molecule has 0 aliphatic carbocycles. The van der Waals surface area contributed by atoms with Gasteiger partial charge < -0.3 is 14.4 Å². The third kappa shape index (κ3) is 30.6. The summed E-state index contributed by atoms with van der Waals surface area (Å²) < 4.78 is 34.7. The summed E-state index contributed by atoms with van der Waals surface area (Å²) >= 11 is 0. The van der Waals surface area contributed by atoms with Crippen molar-refractivity contribution in [2.45, 2.75) is 187 Å². The van der Waals surface area contributed by atoms with E-state index in [0.717, 1.165) is 135 Å². The van der Waals surface area contributed by atoms with Gasteiger partial charge in [0, 0.05) is 19.4 Å². The van der Waals surface area contributed by atoms with E-state index in [4.69, 9.17) is 9.47 Å². The van der Waals surface area contributed by atoms with Crippen LogP contribution in [0.1, 0.15) is 181 Å². The molecule has 1 N–H and O–H groups in total. The molecular weight excluding hydrogens is 616 g/mol. The van der Waals surface area contributed by atoms with Crippen molar-refractivity contribution in [3.63, 3.8) is 0 Å². The lowest BCUT2D eigenvalue weighted by atomic mass is 10.1.